The summed E-state index contributed by atoms with van der Waals surface area (Å²) in [4.78, 5) is 0. The zero-order chi connectivity index (χ0) is 8.27. The Balaban J connectivity index is 2.86. The first-order chi connectivity index (χ1) is 5.24. The van der Waals surface area contributed by atoms with Crippen LogP contribution in [0.5, 0.6) is 0 Å². The van der Waals surface area contributed by atoms with Gasteiger partial charge in [-0.1, -0.05) is 6.07 Å². The molecule has 0 atom stereocenters. The lowest BCUT2D eigenvalue weighted by molar-refractivity contribution is 0.292. The van der Waals surface area contributed by atoms with Crippen molar-refractivity contribution in [2.24, 2.45) is 0 Å². The van der Waals surface area contributed by atoms with Gasteiger partial charge in [-0.3, -0.25) is 0 Å². The van der Waals surface area contributed by atoms with E-state index in [-0.39, 0.29) is 0 Å². The van der Waals surface area contributed by atoms with Crippen molar-refractivity contribution in [3.63, 3.8) is 0 Å². The molecule has 0 aliphatic heterocycles. The summed E-state index contributed by atoms with van der Waals surface area (Å²) in [7, 11) is 1.45. The predicted molar refractivity (Wildman–Crippen MR) is 36.8 cm³/mol. The molecule has 0 aliphatic rings. The number of ether oxygens (including phenoxy) is 1. The number of rotatable bonds is 2. The van der Waals surface area contributed by atoms with Crippen molar-refractivity contribution in [2.45, 2.75) is 0 Å². The fourth-order valence-electron chi connectivity index (χ4n) is 0.722. The highest BCUT2D eigenvalue weighted by molar-refractivity contribution is 5.22. The van der Waals surface area contributed by atoms with E-state index in [9.17, 15) is 8.78 Å². The smallest absolute Gasteiger partial charge is 0.159 e. The van der Waals surface area contributed by atoms with Gasteiger partial charge in [-0.2, -0.15) is 0 Å². The lowest BCUT2D eigenvalue weighted by atomic mass is 10.2. The van der Waals surface area contributed by atoms with Crippen LogP contribution in [0.25, 0.3) is 0 Å². The number of benzene rings is 1. The molecule has 59 valence electrons. The molecule has 0 unspecified atom stereocenters. The Labute approximate surface area is 63.6 Å². The second-order valence-corrected chi connectivity index (χ2v) is 2.03. The molecule has 0 saturated heterocycles. The van der Waals surface area contributed by atoms with Gasteiger partial charge >= 0.3 is 0 Å². The molecule has 3 heteroatoms. The van der Waals surface area contributed by atoms with Crippen molar-refractivity contribution in [3.05, 3.63) is 42.0 Å². The van der Waals surface area contributed by atoms with E-state index in [0.29, 0.717) is 5.56 Å². The maximum absolute atomic E-state index is 12.5. The number of hydrogen-bond acceptors (Lipinski definition) is 1. The highest BCUT2D eigenvalue weighted by Gasteiger charge is 2.01. The largest absolute Gasteiger partial charge is 0.374 e. The van der Waals surface area contributed by atoms with Gasteiger partial charge in [0, 0.05) is 7.11 Å². The molecule has 0 aromatic heterocycles. The van der Waals surface area contributed by atoms with Crippen molar-refractivity contribution >= 4 is 0 Å². The summed E-state index contributed by atoms with van der Waals surface area (Å²) in [5.74, 6) is -1.71. The first-order valence-electron chi connectivity index (χ1n) is 3.05. The SMILES string of the molecule is CO[CH]c1ccc(F)c(F)c1. The van der Waals surface area contributed by atoms with E-state index < -0.39 is 11.6 Å². The van der Waals surface area contributed by atoms with Crippen LogP contribution in [-0.4, -0.2) is 7.11 Å². The maximum Gasteiger partial charge on any atom is 0.159 e. The third kappa shape index (κ3) is 1.98. The Hall–Kier alpha value is -0.960. The van der Waals surface area contributed by atoms with Crippen LogP contribution in [-0.2, 0) is 4.74 Å². The molecule has 0 heterocycles. The summed E-state index contributed by atoms with van der Waals surface area (Å²) in [5, 5.41) is 0. The Morgan fingerprint density at radius 1 is 1.27 bits per heavy atom. The molecule has 1 nitrogen and oxygen atoms in total. The summed E-state index contributed by atoms with van der Waals surface area (Å²) < 4.78 is 29.4. The summed E-state index contributed by atoms with van der Waals surface area (Å²) in [5.41, 5.74) is 0.506. The lowest BCUT2D eigenvalue weighted by Gasteiger charge is -1.98. The molecular formula is C8H7F2O. The van der Waals surface area contributed by atoms with Crippen molar-refractivity contribution in [3.8, 4) is 0 Å². The Kier molecular flexibility index (Phi) is 2.54. The van der Waals surface area contributed by atoms with Crippen molar-refractivity contribution in [1.82, 2.24) is 0 Å². The maximum atomic E-state index is 12.5. The van der Waals surface area contributed by atoms with Crippen molar-refractivity contribution < 1.29 is 13.5 Å². The molecule has 1 radical (unpaired) electrons. The molecule has 0 fully saturated rings. The Bertz CT molecular complexity index is 248. The molecule has 1 rings (SSSR count). The summed E-state index contributed by atoms with van der Waals surface area (Å²) in [6.07, 6.45) is 0. The van der Waals surface area contributed by atoms with Crippen LogP contribution in [0, 0.1) is 18.2 Å². The first kappa shape index (κ1) is 8.14. The minimum atomic E-state index is -0.865. The second kappa shape index (κ2) is 3.44. The van der Waals surface area contributed by atoms with Crippen LogP contribution in [0.3, 0.4) is 0 Å². The Morgan fingerprint density at radius 2 is 2.00 bits per heavy atom. The lowest BCUT2D eigenvalue weighted by Crippen LogP contribution is -1.88. The van der Waals surface area contributed by atoms with Gasteiger partial charge in [-0.05, 0) is 17.7 Å². The Morgan fingerprint density at radius 3 is 2.55 bits per heavy atom. The summed E-state index contributed by atoms with van der Waals surface area (Å²) >= 11 is 0. The van der Waals surface area contributed by atoms with Crippen LogP contribution < -0.4 is 0 Å². The van der Waals surface area contributed by atoms with Gasteiger partial charge < -0.3 is 4.74 Å². The molecule has 0 saturated carbocycles. The van der Waals surface area contributed by atoms with Gasteiger partial charge in [0.05, 0.1) is 0 Å². The molecular weight excluding hydrogens is 150 g/mol. The molecule has 0 bridgehead atoms. The molecule has 11 heavy (non-hydrogen) atoms. The number of halogens is 2. The minimum absolute atomic E-state index is 0.506. The van der Waals surface area contributed by atoms with E-state index in [1.54, 1.807) is 0 Å². The summed E-state index contributed by atoms with van der Waals surface area (Å²) in [6.45, 7) is 1.34. The van der Waals surface area contributed by atoms with Crippen LogP contribution in [0.15, 0.2) is 18.2 Å². The molecule has 0 aliphatic carbocycles. The van der Waals surface area contributed by atoms with Crippen LogP contribution >= 0.6 is 0 Å². The van der Waals surface area contributed by atoms with E-state index in [2.05, 4.69) is 4.74 Å². The molecule has 0 N–H and O–H groups in total. The third-order valence-electron chi connectivity index (χ3n) is 1.20. The third-order valence-corrected chi connectivity index (χ3v) is 1.20. The number of hydrogen-bond donors (Lipinski definition) is 0. The second-order valence-electron chi connectivity index (χ2n) is 2.03. The van der Waals surface area contributed by atoms with Crippen molar-refractivity contribution in [1.29, 1.82) is 0 Å². The van der Waals surface area contributed by atoms with Crippen LogP contribution in [0.1, 0.15) is 5.56 Å². The predicted octanol–water partition coefficient (Wildman–Crippen LogP) is 2.12. The van der Waals surface area contributed by atoms with E-state index >= 15 is 0 Å². The monoisotopic (exact) mass is 157 g/mol. The molecule has 1 aromatic carbocycles. The molecule has 1 aromatic rings. The topological polar surface area (TPSA) is 9.23 Å². The van der Waals surface area contributed by atoms with E-state index in [0.717, 1.165) is 12.1 Å². The van der Waals surface area contributed by atoms with Gasteiger partial charge in [0.1, 0.15) is 6.61 Å². The van der Waals surface area contributed by atoms with Gasteiger partial charge in [0.2, 0.25) is 0 Å². The molecule has 0 spiro atoms. The van der Waals surface area contributed by atoms with Gasteiger partial charge in [-0.15, -0.1) is 0 Å². The fraction of sp³-hybridized carbons (Fsp3) is 0.125. The van der Waals surface area contributed by atoms with Gasteiger partial charge in [0.15, 0.2) is 11.6 Å². The van der Waals surface area contributed by atoms with Gasteiger partial charge in [0.25, 0.3) is 0 Å². The van der Waals surface area contributed by atoms with Crippen LogP contribution in [0.4, 0.5) is 8.78 Å². The van der Waals surface area contributed by atoms with E-state index in [1.807, 2.05) is 0 Å². The quantitative estimate of drug-likeness (QED) is 0.638. The fourth-order valence-corrected chi connectivity index (χ4v) is 0.722. The van der Waals surface area contributed by atoms with Crippen LogP contribution in [0.2, 0.25) is 0 Å². The first-order valence-corrected chi connectivity index (χ1v) is 3.05. The molecule has 0 amide bonds. The van der Waals surface area contributed by atoms with Gasteiger partial charge in [-0.25, -0.2) is 8.78 Å². The highest BCUT2D eigenvalue weighted by atomic mass is 19.2. The normalized spacial score (nSPS) is 10.1. The van der Waals surface area contributed by atoms with E-state index in [1.165, 1.54) is 19.8 Å². The minimum Gasteiger partial charge on any atom is -0.374 e. The highest BCUT2D eigenvalue weighted by Crippen LogP contribution is 2.09. The standard InChI is InChI=1S/C8H7F2O/c1-11-5-6-2-3-7(9)8(10)4-6/h2-5H,1H3. The average Bonchev–Trinajstić information content (AvgIpc) is 1.98. The van der Waals surface area contributed by atoms with Crippen molar-refractivity contribution in [2.75, 3.05) is 7.11 Å². The number of methoxy groups -OCH3 is 1. The zero-order valence-corrected chi connectivity index (χ0v) is 5.97. The summed E-state index contributed by atoms with van der Waals surface area (Å²) in [6, 6.07) is 3.56. The van der Waals surface area contributed by atoms with E-state index in [4.69, 9.17) is 0 Å². The zero-order valence-electron chi connectivity index (χ0n) is 5.97. The average molecular weight is 157 g/mol.